The lowest BCUT2D eigenvalue weighted by Gasteiger charge is -2.12. The molecule has 0 N–H and O–H groups in total. The van der Waals surface area contributed by atoms with Crippen molar-refractivity contribution >= 4 is 11.6 Å². The van der Waals surface area contributed by atoms with Gasteiger partial charge in [0.2, 0.25) is 0 Å². The maximum atomic E-state index is 5.78. The fourth-order valence-corrected chi connectivity index (χ4v) is 1.43. The molecule has 0 spiro atoms. The average Bonchev–Trinajstić information content (AvgIpc) is 2.25. The monoisotopic (exact) mass is 214 g/mol. The molecule has 2 nitrogen and oxygen atoms in total. The number of ether oxygens (including phenoxy) is 2. The van der Waals surface area contributed by atoms with Gasteiger partial charge in [0.1, 0.15) is 0 Å². The lowest BCUT2D eigenvalue weighted by atomic mass is 10.2. The second-order valence-electron chi connectivity index (χ2n) is 2.93. The van der Waals surface area contributed by atoms with Crippen LogP contribution in [0.3, 0.4) is 0 Å². The first-order valence-corrected chi connectivity index (χ1v) is 5.21. The fraction of sp³-hybridized carbons (Fsp3) is 0.455. The number of para-hydroxylation sites is 1. The summed E-state index contributed by atoms with van der Waals surface area (Å²) in [6.45, 7) is 2.76. The molecule has 1 rings (SSSR count). The summed E-state index contributed by atoms with van der Waals surface area (Å²) >= 11 is 5.78. The molecule has 0 aliphatic rings. The molecule has 0 atom stereocenters. The normalized spacial score (nSPS) is 9.93. The fourth-order valence-electron chi connectivity index (χ4n) is 1.22. The van der Waals surface area contributed by atoms with E-state index in [-0.39, 0.29) is 0 Å². The van der Waals surface area contributed by atoms with Crippen molar-refractivity contribution in [3.05, 3.63) is 23.8 Å². The summed E-state index contributed by atoms with van der Waals surface area (Å²) in [6.07, 6.45) is 0.980. The Morgan fingerprint density at radius 1 is 1.36 bits per heavy atom. The Hall–Kier alpha value is -0.890. The molecule has 0 bridgehead atoms. The van der Waals surface area contributed by atoms with Crippen LogP contribution in [-0.2, 0) is 5.88 Å². The average molecular weight is 215 g/mol. The van der Waals surface area contributed by atoms with Crippen molar-refractivity contribution in [1.29, 1.82) is 0 Å². The molecule has 0 aliphatic carbocycles. The van der Waals surface area contributed by atoms with E-state index in [0.717, 1.165) is 23.5 Å². The van der Waals surface area contributed by atoms with Gasteiger partial charge in [0.15, 0.2) is 11.5 Å². The number of halogens is 1. The summed E-state index contributed by atoms with van der Waals surface area (Å²) in [5, 5.41) is 0. The zero-order chi connectivity index (χ0) is 10.4. The maximum absolute atomic E-state index is 5.78. The highest BCUT2D eigenvalue weighted by Gasteiger charge is 2.08. The maximum Gasteiger partial charge on any atom is 0.165 e. The molecule has 14 heavy (non-hydrogen) atoms. The molecule has 1 aromatic carbocycles. The van der Waals surface area contributed by atoms with Gasteiger partial charge in [-0.3, -0.25) is 0 Å². The Bertz CT molecular complexity index is 287. The second kappa shape index (κ2) is 5.76. The molecule has 0 unspecified atom stereocenters. The van der Waals surface area contributed by atoms with Crippen LogP contribution in [0.15, 0.2) is 18.2 Å². The zero-order valence-corrected chi connectivity index (χ0v) is 9.30. The van der Waals surface area contributed by atoms with Crippen LogP contribution in [0.4, 0.5) is 0 Å². The van der Waals surface area contributed by atoms with Crippen LogP contribution < -0.4 is 9.47 Å². The summed E-state index contributed by atoms with van der Waals surface area (Å²) in [7, 11) is 1.63. The third-order valence-corrected chi connectivity index (χ3v) is 2.16. The standard InChI is InChI=1S/C11H15ClO2/c1-3-7-14-10-6-4-5-9(8-12)11(10)13-2/h4-6H,3,7-8H2,1-2H3. The Morgan fingerprint density at radius 2 is 2.14 bits per heavy atom. The molecular weight excluding hydrogens is 200 g/mol. The van der Waals surface area contributed by atoms with E-state index in [4.69, 9.17) is 21.1 Å². The first-order valence-electron chi connectivity index (χ1n) is 4.68. The summed E-state index contributed by atoms with van der Waals surface area (Å²) in [4.78, 5) is 0. The molecule has 0 radical (unpaired) electrons. The van der Waals surface area contributed by atoms with E-state index in [2.05, 4.69) is 6.92 Å². The third-order valence-electron chi connectivity index (χ3n) is 1.87. The lowest BCUT2D eigenvalue weighted by Crippen LogP contribution is -1.99. The Kier molecular flexibility index (Phi) is 4.60. The smallest absolute Gasteiger partial charge is 0.165 e. The Morgan fingerprint density at radius 3 is 2.71 bits per heavy atom. The van der Waals surface area contributed by atoms with Gasteiger partial charge in [-0.1, -0.05) is 19.1 Å². The molecule has 1 aromatic rings. The van der Waals surface area contributed by atoms with Crippen LogP contribution in [0.5, 0.6) is 11.5 Å². The van der Waals surface area contributed by atoms with E-state index in [1.165, 1.54) is 0 Å². The molecule has 0 saturated carbocycles. The summed E-state index contributed by atoms with van der Waals surface area (Å²) < 4.78 is 10.8. The van der Waals surface area contributed by atoms with Crippen molar-refractivity contribution in [3.8, 4) is 11.5 Å². The van der Waals surface area contributed by atoms with Gasteiger partial charge in [0.05, 0.1) is 19.6 Å². The quantitative estimate of drug-likeness (QED) is 0.701. The van der Waals surface area contributed by atoms with Crippen molar-refractivity contribution in [2.24, 2.45) is 0 Å². The highest BCUT2D eigenvalue weighted by atomic mass is 35.5. The lowest BCUT2D eigenvalue weighted by molar-refractivity contribution is 0.293. The van der Waals surface area contributed by atoms with Gasteiger partial charge in [-0.05, 0) is 12.5 Å². The first kappa shape index (κ1) is 11.2. The Balaban J connectivity index is 2.90. The number of benzene rings is 1. The minimum atomic E-state index is 0.437. The topological polar surface area (TPSA) is 18.5 Å². The number of hydrogen-bond acceptors (Lipinski definition) is 2. The van der Waals surface area contributed by atoms with E-state index in [0.29, 0.717) is 12.5 Å². The van der Waals surface area contributed by atoms with Crippen LogP contribution in [0.1, 0.15) is 18.9 Å². The first-order chi connectivity index (χ1) is 6.83. The summed E-state index contributed by atoms with van der Waals surface area (Å²) in [5.74, 6) is 1.95. The van der Waals surface area contributed by atoms with Crippen LogP contribution in [-0.4, -0.2) is 13.7 Å². The highest BCUT2D eigenvalue weighted by molar-refractivity contribution is 6.17. The van der Waals surface area contributed by atoms with Crippen LogP contribution in [0.25, 0.3) is 0 Å². The van der Waals surface area contributed by atoms with Gasteiger partial charge < -0.3 is 9.47 Å². The predicted octanol–water partition coefficient (Wildman–Crippen LogP) is 3.22. The van der Waals surface area contributed by atoms with E-state index in [9.17, 15) is 0 Å². The van der Waals surface area contributed by atoms with Crippen molar-refractivity contribution in [1.82, 2.24) is 0 Å². The number of hydrogen-bond donors (Lipinski definition) is 0. The van der Waals surface area contributed by atoms with Crippen molar-refractivity contribution in [3.63, 3.8) is 0 Å². The minimum Gasteiger partial charge on any atom is -0.493 e. The molecule has 0 amide bonds. The number of rotatable bonds is 5. The molecule has 0 fully saturated rings. The van der Waals surface area contributed by atoms with Gasteiger partial charge in [0.25, 0.3) is 0 Å². The third kappa shape index (κ3) is 2.55. The van der Waals surface area contributed by atoms with Gasteiger partial charge in [-0.2, -0.15) is 0 Å². The van der Waals surface area contributed by atoms with Crippen molar-refractivity contribution in [2.45, 2.75) is 19.2 Å². The van der Waals surface area contributed by atoms with E-state index in [1.807, 2.05) is 18.2 Å². The molecule has 78 valence electrons. The highest BCUT2D eigenvalue weighted by Crippen LogP contribution is 2.31. The molecule has 0 saturated heterocycles. The van der Waals surface area contributed by atoms with Crippen LogP contribution in [0.2, 0.25) is 0 Å². The van der Waals surface area contributed by atoms with Crippen LogP contribution in [0, 0.1) is 0 Å². The number of alkyl halides is 1. The molecule has 0 aliphatic heterocycles. The zero-order valence-electron chi connectivity index (χ0n) is 8.55. The minimum absolute atomic E-state index is 0.437. The SMILES string of the molecule is CCCOc1cccc(CCl)c1OC. The second-order valence-corrected chi connectivity index (χ2v) is 3.20. The van der Waals surface area contributed by atoms with Gasteiger partial charge >= 0.3 is 0 Å². The molecule has 0 heterocycles. The van der Waals surface area contributed by atoms with Crippen molar-refractivity contribution < 1.29 is 9.47 Å². The summed E-state index contributed by atoms with van der Waals surface area (Å²) in [5.41, 5.74) is 0.961. The predicted molar refractivity (Wildman–Crippen MR) is 58.3 cm³/mol. The number of methoxy groups -OCH3 is 1. The van der Waals surface area contributed by atoms with Gasteiger partial charge in [-0.25, -0.2) is 0 Å². The van der Waals surface area contributed by atoms with E-state index < -0.39 is 0 Å². The van der Waals surface area contributed by atoms with Gasteiger partial charge in [-0.15, -0.1) is 11.6 Å². The Labute approximate surface area is 89.8 Å². The van der Waals surface area contributed by atoms with Crippen LogP contribution >= 0.6 is 11.6 Å². The molecule has 0 aromatic heterocycles. The molecule has 3 heteroatoms. The molecular formula is C11H15ClO2. The summed E-state index contributed by atoms with van der Waals surface area (Å²) in [6, 6.07) is 5.75. The van der Waals surface area contributed by atoms with Crippen molar-refractivity contribution in [2.75, 3.05) is 13.7 Å². The van der Waals surface area contributed by atoms with E-state index in [1.54, 1.807) is 7.11 Å². The van der Waals surface area contributed by atoms with Gasteiger partial charge in [0, 0.05) is 5.56 Å². The largest absolute Gasteiger partial charge is 0.493 e. The van der Waals surface area contributed by atoms with E-state index >= 15 is 0 Å².